The Hall–Kier alpha value is -1.93. The predicted octanol–water partition coefficient (Wildman–Crippen LogP) is 1.59. The molecule has 2 rings (SSSR count). The van der Waals surface area contributed by atoms with E-state index in [4.69, 9.17) is 5.26 Å². The molecular weight excluding hydrogens is 232 g/mol. The van der Waals surface area contributed by atoms with Crippen molar-refractivity contribution < 1.29 is 15.3 Å². The van der Waals surface area contributed by atoms with Gasteiger partial charge in [0.1, 0.15) is 0 Å². The molecule has 1 aromatic rings. The Morgan fingerprint density at radius 2 is 2.00 bits per heavy atom. The Kier molecular flexibility index (Phi) is 3.58. The third-order valence-corrected chi connectivity index (χ3v) is 3.45. The lowest BCUT2D eigenvalue weighted by atomic mass is 10.1. The minimum absolute atomic E-state index is 0.0119. The smallest absolute Gasteiger partial charge is 0.200 e. The van der Waals surface area contributed by atoms with Crippen LogP contribution in [0.2, 0.25) is 0 Å². The quantitative estimate of drug-likeness (QED) is 0.609. The van der Waals surface area contributed by atoms with Crippen molar-refractivity contribution >= 4 is 0 Å². The molecule has 2 unspecified atom stereocenters. The summed E-state index contributed by atoms with van der Waals surface area (Å²) >= 11 is 0. The van der Waals surface area contributed by atoms with Gasteiger partial charge in [0.25, 0.3) is 0 Å². The van der Waals surface area contributed by atoms with E-state index in [1.54, 1.807) is 6.07 Å². The molecule has 1 aliphatic carbocycles. The third-order valence-electron chi connectivity index (χ3n) is 3.45. The maximum Gasteiger partial charge on any atom is 0.200 e. The van der Waals surface area contributed by atoms with Gasteiger partial charge in [-0.05, 0) is 18.9 Å². The lowest BCUT2D eigenvalue weighted by Crippen LogP contribution is -2.31. The molecular formula is C13H16N2O3. The molecule has 4 N–H and O–H groups in total. The zero-order valence-corrected chi connectivity index (χ0v) is 9.93. The molecule has 1 fully saturated rings. The summed E-state index contributed by atoms with van der Waals surface area (Å²) in [5.74, 6) is -1.14. The second-order valence-corrected chi connectivity index (χ2v) is 4.59. The largest absolute Gasteiger partial charge is 0.504 e. The molecule has 0 radical (unpaired) electrons. The zero-order valence-electron chi connectivity index (χ0n) is 9.93. The Balaban J connectivity index is 2.03. The minimum Gasteiger partial charge on any atom is -0.504 e. The van der Waals surface area contributed by atoms with Crippen LogP contribution in [-0.4, -0.2) is 21.4 Å². The number of aromatic hydroxyl groups is 3. The number of nitrogens with one attached hydrogen (secondary N) is 1. The molecule has 2 atom stereocenters. The lowest BCUT2D eigenvalue weighted by molar-refractivity contribution is 0.362. The van der Waals surface area contributed by atoms with Crippen LogP contribution in [0, 0.1) is 17.2 Å². The predicted molar refractivity (Wildman–Crippen MR) is 65.0 cm³/mol. The van der Waals surface area contributed by atoms with Crippen molar-refractivity contribution in [3.05, 3.63) is 17.7 Å². The highest BCUT2D eigenvalue weighted by Crippen LogP contribution is 2.37. The molecule has 5 nitrogen and oxygen atoms in total. The van der Waals surface area contributed by atoms with E-state index < -0.39 is 5.75 Å². The van der Waals surface area contributed by atoms with Gasteiger partial charge in [0.05, 0.1) is 12.0 Å². The maximum atomic E-state index is 9.66. The van der Waals surface area contributed by atoms with Crippen LogP contribution < -0.4 is 5.32 Å². The average molecular weight is 248 g/mol. The average Bonchev–Trinajstić information content (AvgIpc) is 2.82. The van der Waals surface area contributed by atoms with Crippen molar-refractivity contribution in [2.45, 2.75) is 31.8 Å². The first-order valence-electron chi connectivity index (χ1n) is 5.99. The highest BCUT2D eigenvalue weighted by molar-refractivity contribution is 5.53. The summed E-state index contributed by atoms with van der Waals surface area (Å²) in [6, 6.07) is 5.29. The molecule has 1 saturated carbocycles. The van der Waals surface area contributed by atoms with E-state index in [1.165, 1.54) is 6.07 Å². The number of benzene rings is 1. The molecule has 1 aromatic carbocycles. The van der Waals surface area contributed by atoms with Crippen LogP contribution in [-0.2, 0) is 6.54 Å². The van der Waals surface area contributed by atoms with E-state index in [0.717, 1.165) is 19.3 Å². The number of hydrogen-bond acceptors (Lipinski definition) is 5. The number of rotatable bonds is 3. The van der Waals surface area contributed by atoms with Crippen LogP contribution in [0.4, 0.5) is 0 Å². The molecule has 96 valence electrons. The third kappa shape index (κ3) is 2.34. The Morgan fingerprint density at radius 3 is 2.72 bits per heavy atom. The number of nitriles is 1. The van der Waals surface area contributed by atoms with Crippen LogP contribution in [0.3, 0.4) is 0 Å². The van der Waals surface area contributed by atoms with Crippen LogP contribution in [0.5, 0.6) is 17.2 Å². The van der Waals surface area contributed by atoms with Gasteiger partial charge >= 0.3 is 0 Å². The summed E-state index contributed by atoms with van der Waals surface area (Å²) in [6.07, 6.45) is 2.88. The van der Waals surface area contributed by atoms with E-state index in [-0.39, 0.29) is 23.5 Å². The van der Waals surface area contributed by atoms with Crippen LogP contribution in [0.15, 0.2) is 12.1 Å². The molecule has 1 aliphatic rings. The normalized spacial score (nSPS) is 22.8. The van der Waals surface area contributed by atoms with Gasteiger partial charge in [0, 0.05) is 18.2 Å². The standard InChI is InChI=1S/C13H16N2O3/c14-6-8-2-1-3-10(8)15-7-9-4-5-11(16)13(18)12(9)17/h4-5,8,10,15-18H,1-3,7H2. The molecule has 0 amide bonds. The van der Waals surface area contributed by atoms with Crippen molar-refractivity contribution in [2.24, 2.45) is 5.92 Å². The van der Waals surface area contributed by atoms with Crippen LogP contribution in [0.1, 0.15) is 24.8 Å². The van der Waals surface area contributed by atoms with Crippen molar-refractivity contribution in [3.63, 3.8) is 0 Å². The molecule has 0 aromatic heterocycles. The second-order valence-electron chi connectivity index (χ2n) is 4.59. The minimum atomic E-state index is -0.502. The van der Waals surface area contributed by atoms with E-state index in [0.29, 0.717) is 12.1 Å². The Labute approximate surface area is 105 Å². The first-order valence-corrected chi connectivity index (χ1v) is 5.99. The summed E-state index contributed by atoms with van der Waals surface area (Å²) < 4.78 is 0. The fourth-order valence-corrected chi connectivity index (χ4v) is 2.35. The summed E-state index contributed by atoms with van der Waals surface area (Å²) in [7, 11) is 0. The van der Waals surface area contributed by atoms with Gasteiger partial charge in [0.15, 0.2) is 11.5 Å². The summed E-state index contributed by atoms with van der Waals surface area (Å²) in [5, 5.41) is 40.4. The van der Waals surface area contributed by atoms with Gasteiger partial charge < -0.3 is 20.6 Å². The van der Waals surface area contributed by atoms with E-state index in [1.807, 2.05) is 0 Å². The van der Waals surface area contributed by atoms with Crippen molar-refractivity contribution in [1.82, 2.24) is 5.32 Å². The molecule has 0 heterocycles. The van der Waals surface area contributed by atoms with E-state index >= 15 is 0 Å². The van der Waals surface area contributed by atoms with Gasteiger partial charge in [-0.15, -0.1) is 0 Å². The molecule has 18 heavy (non-hydrogen) atoms. The number of nitrogens with zero attached hydrogens (tertiary/aromatic N) is 1. The molecule has 0 saturated heterocycles. The van der Waals surface area contributed by atoms with E-state index in [2.05, 4.69) is 11.4 Å². The van der Waals surface area contributed by atoms with Gasteiger partial charge in [-0.2, -0.15) is 5.26 Å². The SMILES string of the molecule is N#CC1CCCC1NCc1ccc(O)c(O)c1O. The van der Waals surface area contributed by atoms with Crippen molar-refractivity contribution in [3.8, 4) is 23.3 Å². The Morgan fingerprint density at radius 1 is 1.22 bits per heavy atom. The first-order chi connectivity index (χ1) is 8.63. The van der Waals surface area contributed by atoms with Crippen LogP contribution in [0.25, 0.3) is 0 Å². The lowest BCUT2D eigenvalue weighted by Gasteiger charge is -2.16. The summed E-state index contributed by atoms with van der Waals surface area (Å²) in [5.41, 5.74) is 0.508. The van der Waals surface area contributed by atoms with Crippen molar-refractivity contribution in [1.29, 1.82) is 5.26 Å². The maximum absolute atomic E-state index is 9.66. The topological polar surface area (TPSA) is 96.5 Å². The van der Waals surface area contributed by atoms with Gasteiger partial charge in [-0.1, -0.05) is 12.5 Å². The fourth-order valence-electron chi connectivity index (χ4n) is 2.35. The highest BCUT2D eigenvalue weighted by Gasteiger charge is 2.26. The van der Waals surface area contributed by atoms with Gasteiger partial charge in [-0.25, -0.2) is 0 Å². The molecule has 0 bridgehead atoms. The van der Waals surface area contributed by atoms with Crippen LogP contribution >= 0.6 is 0 Å². The summed E-state index contributed by atoms with van der Waals surface area (Å²) in [4.78, 5) is 0. The monoisotopic (exact) mass is 248 g/mol. The molecule has 0 aliphatic heterocycles. The van der Waals surface area contributed by atoms with E-state index in [9.17, 15) is 15.3 Å². The highest BCUT2D eigenvalue weighted by atomic mass is 16.3. The van der Waals surface area contributed by atoms with Crippen molar-refractivity contribution in [2.75, 3.05) is 0 Å². The number of phenolic OH excluding ortho intramolecular Hbond substituents is 3. The molecule has 0 spiro atoms. The second kappa shape index (κ2) is 5.15. The summed E-state index contributed by atoms with van der Waals surface area (Å²) in [6.45, 7) is 0.364. The fraction of sp³-hybridized carbons (Fsp3) is 0.462. The number of phenols is 3. The Bertz CT molecular complexity index is 482. The zero-order chi connectivity index (χ0) is 13.1. The molecule has 5 heteroatoms. The van der Waals surface area contributed by atoms with Gasteiger partial charge in [-0.3, -0.25) is 0 Å². The number of hydrogen-bond donors (Lipinski definition) is 4. The van der Waals surface area contributed by atoms with Gasteiger partial charge in [0.2, 0.25) is 5.75 Å². The first kappa shape index (κ1) is 12.5.